The first-order chi connectivity index (χ1) is 15.5. The number of nitrogens with two attached hydrogens (primary N) is 1. The van der Waals surface area contributed by atoms with E-state index in [4.69, 9.17) is 10.7 Å². The summed E-state index contributed by atoms with van der Waals surface area (Å²) in [6.45, 7) is 13.5. The van der Waals surface area contributed by atoms with E-state index in [9.17, 15) is 4.79 Å². The van der Waals surface area contributed by atoms with Crippen molar-refractivity contribution in [2.45, 2.75) is 46.0 Å². The Morgan fingerprint density at radius 1 is 1.19 bits per heavy atom. The molecule has 7 nitrogen and oxygen atoms in total. The zero-order chi connectivity index (χ0) is 22.8. The van der Waals surface area contributed by atoms with Gasteiger partial charge >= 0.3 is 0 Å². The monoisotopic (exact) mass is 442 g/mol. The van der Waals surface area contributed by atoms with Crippen LogP contribution < -0.4 is 16.0 Å². The van der Waals surface area contributed by atoms with Crippen molar-refractivity contribution in [1.82, 2.24) is 15.1 Å². The number of piperidine rings is 1. The van der Waals surface area contributed by atoms with Crippen LogP contribution in [0.5, 0.6) is 0 Å². The zero-order valence-corrected chi connectivity index (χ0v) is 20.1. The molecule has 2 fully saturated rings. The van der Waals surface area contributed by atoms with Crippen molar-refractivity contribution in [1.29, 1.82) is 0 Å². The van der Waals surface area contributed by atoms with E-state index in [2.05, 4.69) is 58.1 Å². The van der Waals surface area contributed by atoms with Crippen LogP contribution in [-0.2, 0) is 4.79 Å². The van der Waals surface area contributed by atoms with Crippen molar-refractivity contribution < 1.29 is 4.79 Å². The molecule has 32 heavy (non-hydrogen) atoms. The number of aliphatic imine (C=N–C) groups is 1. The molecule has 7 heteroatoms. The Labute approximate surface area is 194 Å². The Hall–Kier alpha value is -2.28. The average molecular weight is 443 g/mol. The quantitative estimate of drug-likeness (QED) is 0.349. The topological polar surface area (TPSA) is 77.2 Å². The van der Waals surface area contributed by atoms with Gasteiger partial charge in [-0.2, -0.15) is 0 Å². The number of carbonyl (C=O) groups excluding carboxylic acids is 1. The second kappa shape index (κ2) is 12.7. The molecule has 0 aliphatic carbocycles. The minimum atomic E-state index is -0.196. The summed E-state index contributed by atoms with van der Waals surface area (Å²) < 4.78 is 0. The third-order valence-corrected chi connectivity index (χ3v) is 6.53. The largest absolute Gasteiger partial charge is 0.370 e. The lowest BCUT2D eigenvalue weighted by atomic mass is 9.95. The van der Waals surface area contributed by atoms with Crippen LogP contribution in [-0.4, -0.2) is 80.6 Å². The minimum Gasteiger partial charge on any atom is -0.370 e. The van der Waals surface area contributed by atoms with Crippen LogP contribution in [0.4, 0.5) is 5.69 Å². The van der Waals surface area contributed by atoms with Crippen LogP contribution in [0.2, 0.25) is 0 Å². The lowest BCUT2D eigenvalue weighted by Gasteiger charge is -2.36. The van der Waals surface area contributed by atoms with Gasteiger partial charge in [0, 0.05) is 64.5 Å². The number of guanidine groups is 1. The second-order valence-electron chi connectivity index (χ2n) is 9.24. The molecule has 1 amide bonds. The van der Waals surface area contributed by atoms with Crippen LogP contribution in [0.3, 0.4) is 0 Å². The molecule has 3 rings (SSSR count). The van der Waals surface area contributed by atoms with Gasteiger partial charge in [0.05, 0.1) is 0 Å². The molecule has 1 unspecified atom stereocenters. The number of piperazine rings is 1. The fourth-order valence-electron chi connectivity index (χ4n) is 4.82. The third kappa shape index (κ3) is 7.69. The fraction of sp³-hybridized carbons (Fsp3) is 0.680. The van der Waals surface area contributed by atoms with Crippen LogP contribution in [0, 0.1) is 12.8 Å². The second-order valence-corrected chi connectivity index (χ2v) is 9.24. The summed E-state index contributed by atoms with van der Waals surface area (Å²) >= 11 is 0. The number of rotatable bonds is 9. The van der Waals surface area contributed by atoms with Crippen molar-refractivity contribution in [3.05, 3.63) is 29.8 Å². The van der Waals surface area contributed by atoms with Gasteiger partial charge in [0.1, 0.15) is 0 Å². The number of anilines is 1. The molecule has 178 valence electrons. The minimum absolute atomic E-state index is 0.196. The predicted molar refractivity (Wildman–Crippen MR) is 133 cm³/mol. The zero-order valence-electron chi connectivity index (χ0n) is 20.1. The van der Waals surface area contributed by atoms with E-state index in [1.165, 1.54) is 17.7 Å². The first-order valence-corrected chi connectivity index (χ1v) is 12.4. The molecule has 2 aliphatic rings. The molecule has 0 spiro atoms. The molecule has 0 bridgehead atoms. The summed E-state index contributed by atoms with van der Waals surface area (Å²) in [7, 11) is 0. The van der Waals surface area contributed by atoms with E-state index in [1.807, 2.05) is 0 Å². The number of hydrogen-bond donors (Lipinski definition) is 2. The number of aryl methyl sites for hydroxylation is 1. The molecule has 0 radical (unpaired) electrons. The molecule has 1 atom stereocenters. The Kier molecular flexibility index (Phi) is 9.65. The van der Waals surface area contributed by atoms with E-state index in [0.29, 0.717) is 12.3 Å². The predicted octanol–water partition coefficient (Wildman–Crippen LogP) is 2.45. The SMILES string of the molecule is CCNC(=NCCCCN1CCN(c2cccc(C)c2)CC1)N1CCCC(CC(N)=O)C1. The molecule has 3 N–H and O–H groups in total. The van der Waals surface area contributed by atoms with E-state index in [-0.39, 0.29) is 5.91 Å². The molecule has 0 saturated carbocycles. The lowest BCUT2D eigenvalue weighted by molar-refractivity contribution is -0.119. The van der Waals surface area contributed by atoms with E-state index < -0.39 is 0 Å². The van der Waals surface area contributed by atoms with Crippen LogP contribution in [0.25, 0.3) is 0 Å². The smallest absolute Gasteiger partial charge is 0.217 e. The average Bonchev–Trinajstić information content (AvgIpc) is 2.78. The maximum Gasteiger partial charge on any atom is 0.217 e. The Morgan fingerprint density at radius 3 is 2.72 bits per heavy atom. The number of unbranched alkanes of at least 4 members (excludes halogenated alkanes) is 1. The Balaban J connectivity index is 1.37. The summed E-state index contributed by atoms with van der Waals surface area (Å²) in [5.74, 6) is 1.15. The Morgan fingerprint density at radius 2 is 2.00 bits per heavy atom. The van der Waals surface area contributed by atoms with E-state index in [1.54, 1.807) is 0 Å². The molecular formula is C25H42N6O. The maximum atomic E-state index is 11.3. The van der Waals surface area contributed by atoms with Gasteiger partial charge in [-0.05, 0) is 69.7 Å². The molecule has 2 aliphatic heterocycles. The molecule has 1 aromatic carbocycles. The number of amides is 1. The summed E-state index contributed by atoms with van der Waals surface area (Å²) in [6, 6.07) is 8.82. The first kappa shape index (κ1) is 24.4. The maximum absolute atomic E-state index is 11.3. The van der Waals surface area contributed by atoms with Crippen LogP contribution in [0.1, 0.15) is 44.6 Å². The summed E-state index contributed by atoms with van der Waals surface area (Å²) in [4.78, 5) is 23.6. The number of likely N-dealkylation sites (tertiary alicyclic amines) is 1. The first-order valence-electron chi connectivity index (χ1n) is 12.4. The van der Waals surface area contributed by atoms with Gasteiger partial charge in [0.2, 0.25) is 5.91 Å². The van der Waals surface area contributed by atoms with Crippen molar-refractivity contribution in [2.24, 2.45) is 16.6 Å². The molecule has 2 heterocycles. The summed E-state index contributed by atoms with van der Waals surface area (Å²) in [5.41, 5.74) is 8.09. The van der Waals surface area contributed by atoms with Gasteiger partial charge in [-0.3, -0.25) is 14.7 Å². The van der Waals surface area contributed by atoms with Gasteiger partial charge in [0.15, 0.2) is 5.96 Å². The highest BCUT2D eigenvalue weighted by molar-refractivity contribution is 5.80. The van der Waals surface area contributed by atoms with Gasteiger partial charge in [0.25, 0.3) is 0 Å². The standard InChI is InChI=1S/C25H42N6O/c1-3-27-25(31-13-7-9-22(20-31)19-24(26)32)28-11-4-5-12-29-14-16-30(17-15-29)23-10-6-8-21(2)18-23/h6,8,10,18,22H,3-5,7,9,11-17,19-20H2,1-2H3,(H2,26,32)(H,27,28). The Bertz CT molecular complexity index is 744. The highest BCUT2D eigenvalue weighted by Crippen LogP contribution is 2.20. The van der Waals surface area contributed by atoms with Crippen LogP contribution >= 0.6 is 0 Å². The van der Waals surface area contributed by atoms with E-state index >= 15 is 0 Å². The number of hydrogen-bond acceptors (Lipinski definition) is 4. The summed E-state index contributed by atoms with van der Waals surface area (Å²) in [5, 5.41) is 3.43. The van der Waals surface area contributed by atoms with Gasteiger partial charge in [-0.25, -0.2) is 0 Å². The van der Waals surface area contributed by atoms with Crippen molar-refractivity contribution >= 4 is 17.6 Å². The molecule has 0 aromatic heterocycles. The van der Waals surface area contributed by atoms with Gasteiger partial charge in [-0.15, -0.1) is 0 Å². The van der Waals surface area contributed by atoms with Crippen molar-refractivity contribution in [3.63, 3.8) is 0 Å². The van der Waals surface area contributed by atoms with Crippen molar-refractivity contribution in [3.8, 4) is 0 Å². The number of benzene rings is 1. The van der Waals surface area contributed by atoms with Gasteiger partial charge in [-0.1, -0.05) is 12.1 Å². The normalized spacial score (nSPS) is 20.4. The molecule has 2 saturated heterocycles. The fourth-order valence-corrected chi connectivity index (χ4v) is 4.82. The molecule has 1 aromatic rings. The number of nitrogens with one attached hydrogen (secondary N) is 1. The van der Waals surface area contributed by atoms with Crippen LogP contribution in [0.15, 0.2) is 29.3 Å². The highest BCUT2D eigenvalue weighted by atomic mass is 16.1. The number of primary amides is 1. The number of nitrogens with zero attached hydrogens (tertiary/aromatic N) is 4. The molecular weight excluding hydrogens is 400 g/mol. The van der Waals surface area contributed by atoms with Crippen molar-refractivity contribution in [2.75, 3.05) is 63.8 Å². The van der Waals surface area contributed by atoms with E-state index in [0.717, 1.165) is 84.1 Å². The summed E-state index contributed by atoms with van der Waals surface area (Å²) in [6.07, 6.45) is 4.93. The third-order valence-electron chi connectivity index (χ3n) is 6.53. The number of carbonyl (C=O) groups is 1. The lowest BCUT2D eigenvalue weighted by Crippen LogP contribution is -2.47. The highest BCUT2D eigenvalue weighted by Gasteiger charge is 2.23. The van der Waals surface area contributed by atoms with Gasteiger partial charge < -0.3 is 20.9 Å².